The van der Waals surface area contributed by atoms with Crippen LogP contribution < -0.4 is 4.90 Å². The van der Waals surface area contributed by atoms with Crippen LogP contribution in [0.3, 0.4) is 0 Å². The number of anilines is 2. The zero-order chi connectivity index (χ0) is 32.5. The van der Waals surface area contributed by atoms with E-state index in [4.69, 9.17) is 0 Å². The first-order valence-electron chi connectivity index (χ1n) is 16.1. The smallest absolute Gasteiger partial charge is 0.346 e. The molecule has 3 heterocycles. The minimum atomic E-state index is -1.22. The monoisotopic (exact) mass is 656 g/mol. The summed E-state index contributed by atoms with van der Waals surface area (Å²) >= 11 is 3.66. The van der Waals surface area contributed by atoms with Crippen molar-refractivity contribution in [3.63, 3.8) is 0 Å². The quantitative estimate of drug-likeness (QED) is 0.151. The highest BCUT2D eigenvalue weighted by Crippen LogP contribution is 2.47. The van der Waals surface area contributed by atoms with E-state index >= 15 is 0 Å². The van der Waals surface area contributed by atoms with Gasteiger partial charge in [-0.05, 0) is 130 Å². The summed E-state index contributed by atoms with van der Waals surface area (Å²) in [5.74, 6) is -1.22. The van der Waals surface area contributed by atoms with Crippen LogP contribution in [0.4, 0.5) is 11.4 Å². The lowest BCUT2D eigenvalue weighted by molar-refractivity contribution is -0.132. The van der Waals surface area contributed by atoms with Gasteiger partial charge in [0.25, 0.3) is 0 Å². The molecule has 0 spiro atoms. The zero-order valence-electron chi connectivity index (χ0n) is 26.1. The van der Waals surface area contributed by atoms with Gasteiger partial charge >= 0.3 is 5.97 Å². The molecule has 6 aromatic carbocycles. The first-order chi connectivity index (χ1) is 23.5. The van der Waals surface area contributed by atoms with E-state index < -0.39 is 5.97 Å². The molecule has 9 rings (SSSR count). The summed E-state index contributed by atoms with van der Waals surface area (Å²) in [4.78, 5) is 13.8. The number of carbonyl (C=O) groups is 1. The summed E-state index contributed by atoms with van der Waals surface area (Å²) in [6, 6.07) is 39.3. The first-order valence-corrected chi connectivity index (χ1v) is 17.7. The van der Waals surface area contributed by atoms with Crippen molar-refractivity contribution < 1.29 is 9.90 Å². The van der Waals surface area contributed by atoms with Crippen molar-refractivity contribution in [2.24, 2.45) is 0 Å². The molecule has 230 valence electrons. The van der Waals surface area contributed by atoms with Crippen LogP contribution in [0.1, 0.15) is 23.6 Å². The Kier molecular flexibility index (Phi) is 6.62. The Labute approximate surface area is 285 Å². The molecule has 0 amide bonds. The van der Waals surface area contributed by atoms with Crippen LogP contribution in [0.5, 0.6) is 0 Å². The maximum absolute atomic E-state index is 11.4. The summed E-state index contributed by atoms with van der Waals surface area (Å²) in [6.45, 7) is 3.17. The molecule has 0 saturated carbocycles. The number of aliphatic carboxylic acids is 1. The topological polar surface area (TPSA) is 64.3 Å². The maximum atomic E-state index is 11.4. The predicted octanol–water partition coefficient (Wildman–Crippen LogP) is 11.5. The van der Waals surface area contributed by atoms with Gasteiger partial charge in [-0.2, -0.15) is 5.26 Å². The number of carboxylic acids is 1. The predicted molar refractivity (Wildman–Crippen MR) is 203 cm³/mol. The molecule has 8 aromatic rings. The molecule has 0 fully saturated rings. The van der Waals surface area contributed by atoms with E-state index in [1.165, 1.54) is 80.0 Å². The summed E-state index contributed by atoms with van der Waals surface area (Å²) < 4.78 is 5.09. The number of aryl methyl sites for hydroxylation is 2. The maximum Gasteiger partial charge on any atom is 0.346 e. The Morgan fingerprint density at radius 3 is 2.08 bits per heavy atom. The second kappa shape index (κ2) is 11.1. The van der Waals surface area contributed by atoms with Gasteiger partial charge in [-0.15, -0.1) is 22.7 Å². The number of carboxylic acid groups (broad SMARTS) is 1. The largest absolute Gasteiger partial charge is 0.477 e. The molecular formula is C42H28N2O2S2. The molecule has 4 nitrogen and oxygen atoms in total. The van der Waals surface area contributed by atoms with Gasteiger partial charge in [0.05, 0.1) is 9.40 Å². The van der Waals surface area contributed by atoms with Gasteiger partial charge in [-0.25, -0.2) is 4.79 Å². The van der Waals surface area contributed by atoms with Gasteiger partial charge in [-0.1, -0.05) is 48.5 Å². The Bertz CT molecular complexity index is 2730. The average Bonchev–Trinajstić information content (AvgIpc) is 3.57. The fourth-order valence-corrected chi connectivity index (χ4v) is 9.99. The number of fused-ring (bicyclic) bond motifs is 9. The number of benzene rings is 6. The minimum absolute atomic E-state index is 0.274. The van der Waals surface area contributed by atoms with E-state index in [0.717, 1.165) is 30.2 Å². The third kappa shape index (κ3) is 4.58. The number of hydrogen-bond acceptors (Lipinski definition) is 5. The zero-order valence-corrected chi connectivity index (χ0v) is 27.7. The molecule has 0 aliphatic carbocycles. The lowest BCUT2D eigenvalue weighted by Crippen LogP contribution is -2.17. The number of para-hydroxylation sites is 1. The highest BCUT2D eigenvalue weighted by atomic mass is 32.1. The molecule has 6 heteroatoms. The molecule has 1 aliphatic rings. The number of nitrogens with zero attached hydrogens (tertiary/aromatic N) is 2. The van der Waals surface area contributed by atoms with E-state index in [1.54, 1.807) is 6.07 Å². The van der Waals surface area contributed by atoms with Crippen molar-refractivity contribution >= 4 is 97.2 Å². The minimum Gasteiger partial charge on any atom is -0.477 e. The fourth-order valence-electron chi connectivity index (χ4n) is 7.29. The summed E-state index contributed by atoms with van der Waals surface area (Å²) in [6.07, 6.45) is 3.50. The SMILES string of the molecule is CCN1c2ccccc2CCc2cc(-c3ccc4cc5sc6c7cc8cc(/C=C(\C#N)C(=O)O)ccc8cc7sc6c5cc4c3)ccc21. The van der Waals surface area contributed by atoms with Gasteiger partial charge in [-0.3, -0.25) is 0 Å². The van der Waals surface area contributed by atoms with E-state index in [-0.39, 0.29) is 5.57 Å². The third-order valence-corrected chi connectivity index (χ3v) is 12.1. The lowest BCUT2D eigenvalue weighted by Gasteiger charge is -2.25. The van der Waals surface area contributed by atoms with Gasteiger partial charge in [0.2, 0.25) is 0 Å². The first kappa shape index (κ1) is 28.7. The Morgan fingerprint density at radius 2 is 1.38 bits per heavy atom. The van der Waals surface area contributed by atoms with Crippen LogP contribution in [0.15, 0.2) is 109 Å². The van der Waals surface area contributed by atoms with Gasteiger partial charge in [0, 0.05) is 38.1 Å². The van der Waals surface area contributed by atoms with E-state index in [1.807, 2.05) is 40.9 Å². The molecule has 0 bridgehead atoms. The van der Waals surface area contributed by atoms with Gasteiger partial charge in [0.1, 0.15) is 11.6 Å². The molecule has 2 aromatic heterocycles. The second-order valence-corrected chi connectivity index (χ2v) is 14.5. The molecule has 0 radical (unpaired) electrons. The highest BCUT2D eigenvalue weighted by Gasteiger charge is 2.20. The molecule has 1 aliphatic heterocycles. The van der Waals surface area contributed by atoms with Gasteiger partial charge in [0.15, 0.2) is 0 Å². The Balaban J connectivity index is 1.13. The second-order valence-electron chi connectivity index (χ2n) is 12.4. The van der Waals surface area contributed by atoms with Crippen LogP contribution in [0.2, 0.25) is 0 Å². The summed E-state index contributed by atoms with van der Waals surface area (Å²) in [5.41, 5.74) is 8.36. The van der Waals surface area contributed by atoms with E-state index in [9.17, 15) is 15.2 Å². The average molecular weight is 657 g/mol. The number of hydrogen-bond donors (Lipinski definition) is 1. The third-order valence-electron chi connectivity index (χ3n) is 9.65. The summed E-state index contributed by atoms with van der Waals surface area (Å²) in [7, 11) is 0. The van der Waals surface area contributed by atoms with Gasteiger partial charge < -0.3 is 10.0 Å². The molecular weight excluding hydrogens is 629 g/mol. The molecule has 48 heavy (non-hydrogen) atoms. The normalized spacial score (nSPS) is 13.2. The van der Waals surface area contributed by atoms with Crippen LogP contribution in [0.25, 0.3) is 68.3 Å². The Morgan fingerprint density at radius 1 is 0.750 bits per heavy atom. The van der Waals surface area contributed by atoms with Crippen LogP contribution in [-0.4, -0.2) is 17.6 Å². The van der Waals surface area contributed by atoms with Crippen molar-refractivity contribution in [1.29, 1.82) is 5.26 Å². The summed E-state index contributed by atoms with van der Waals surface area (Å²) in [5, 5.41) is 25.6. The van der Waals surface area contributed by atoms with Crippen molar-refractivity contribution in [1.82, 2.24) is 0 Å². The van der Waals surface area contributed by atoms with Crippen LogP contribution in [0, 0.1) is 11.3 Å². The molecule has 0 atom stereocenters. The lowest BCUT2D eigenvalue weighted by atomic mass is 9.96. The number of thiophene rings is 2. The van der Waals surface area contributed by atoms with Crippen molar-refractivity contribution in [2.75, 3.05) is 11.4 Å². The van der Waals surface area contributed by atoms with Crippen molar-refractivity contribution in [3.05, 3.63) is 125 Å². The van der Waals surface area contributed by atoms with Crippen molar-refractivity contribution in [3.8, 4) is 17.2 Å². The van der Waals surface area contributed by atoms with Crippen molar-refractivity contribution in [2.45, 2.75) is 19.8 Å². The van der Waals surface area contributed by atoms with E-state index in [2.05, 4.69) is 96.8 Å². The van der Waals surface area contributed by atoms with E-state index in [0.29, 0.717) is 5.56 Å². The molecule has 1 N–H and O–H groups in total. The number of rotatable bonds is 4. The fraction of sp³-hybridized carbons (Fsp3) is 0.0952. The molecule has 0 saturated heterocycles. The van der Waals surface area contributed by atoms with Crippen LogP contribution >= 0.6 is 22.7 Å². The highest BCUT2D eigenvalue weighted by molar-refractivity contribution is 7.36. The van der Waals surface area contributed by atoms with Crippen LogP contribution in [-0.2, 0) is 17.6 Å². The standard InChI is InChI=1S/C42H28N2O2S2/c1-2-44-36-6-4-3-5-25(36)9-12-30-17-27(13-14-37(30)44)26-10-11-29-22-39-35(20-32(29)18-26)41-40(48-39)34-19-31-15-24(16-33(23-43)42(45)46)7-8-28(31)21-38(34)47-41/h3-8,10-11,13-22H,2,9,12H2,1H3,(H,45,46)/b33-16+. The Hall–Kier alpha value is -5.48. The molecule has 0 unspecified atom stereocenters. The number of nitriles is 1.